The molecule has 1 aliphatic heterocycles. The van der Waals surface area contributed by atoms with Gasteiger partial charge in [-0.05, 0) is 23.6 Å². The van der Waals surface area contributed by atoms with Gasteiger partial charge in [0.2, 0.25) is 11.7 Å². The van der Waals surface area contributed by atoms with Crippen LogP contribution in [0.2, 0.25) is 0 Å². The highest BCUT2D eigenvalue weighted by Gasteiger charge is 2.34. The second kappa shape index (κ2) is 9.97. The molecule has 0 bridgehead atoms. The highest BCUT2D eigenvalue weighted by molar-refractivity contribution is 5.86. The maximum Gasteiger partial charge on any atom is 0.328 e. The van der Waals surface area contributed by atoms with Gasteiger partial charge in [-0.2, -0.15) is 4.80 Å². The molecule has 4 rings (SSSR count). The maximum atomic E-state index is 12.7. The van der Waals surface area contributed by atoms with Crippen LogP contribution >= 0.6 is 0 Å². The van der Waals surface area contributed by atoms with E-state index in [-0.39, 0.29) is 18.5 Å². The average Bonchev–Trinajstić information content (AvgIpc) is 3.48. The molecule has 1 aromatic heterocycles. The number of aryl methyl sites for hydroxylation is 1. The molecule has 0 N–H and O–H groups in total. The Morgan fingerprint density at radius 2 is 1.77 bits per heavy atom. The summed E-state index contributed by atoms with van der Waals surface area (Å²) >= 11 is 0. The fraction of sp³-hybridized carbons (Fsp3) is 0.348. The minimum absolute atomic E-state index is 0.0362. The summed E-state index contributed by atoms with van der Waals surface area (Å²) in [5.74, 6) is 0.192. The van der Waals surface area contributed by atoms with E-state index in [1.165, 1.54) is 4.80 Å². The first-order valence-electron chi connectivity index (χ1n) is 10.5. The molecule has 0 aliphatic carbocycles. The Hall–Kier alpha value is -3.55. The highest BCUT2D eigenvalue weighted by Crippen LogP contribution is 2.20. The molecular weight excluding hydrogens is 394 g/mol. The summed E-state index contributed by atoms with van der Waals surface area (Å²) in [7, 11) is 0. The summed E-state index contributed by atoms with van der Waals surface area (Å²) in [6, 6.07) is 18.7. The Kier molecular flexibility index (Phi) is 6.66. The van der Waals surface area contributed by atoms with Gasteiger partial charge >= 0.3 is 5.97 Å². The van der Waals surface area contributed by atoms with E-state index in [9.17, 15) is 9.59 Å². The molecule has 3 aromatic rings. The number of hydrogen-bond donors (Lipinski definition) is 0. The van der Waals surface area contributed by atoms with Gasteiger partial charge in [-0.3, -0.25) is 4.79 Å². The first kappa shape index (κ1) is 20.7. The van der Waals surface area contributed by atoms with Crippen LogP contribution in [0, 0.1) is 0 Å². The second-order valence-corrected chi connectivity index (χ2v) is 7.50. The van der Waals surface area contributed by atoms with Gasteiger partial charge in [-0.1, -0.05) is 60.7 Å². The topological polar surface area (TPSA) is 90.2 Å². The third-order valence-electron chi connectivity index (χ3n) is 5.27. The maximum absolute atomic E-state index is 12.7. The monoisotopic (exact) mass is 419 g/mol. The summed E-state index contributed by atoms with van der Waals surface area (Å²) in [4.78, 5) is 28.4. The molecule has 0 spiro atoms. The quantitative estimate of drug-likeness (QED) is 0.412. The zero-order valence-electron chi connectivity index (χ0n) is 17.3. The Morgan fingerprint density at radius 3 is 2.55 bits per heavy atom. The zero-order chi connectivity index (χ0) is 21.5. The van der Waals surface area contributed by atoms with E-state index in [1.54, 1.807) is 4.90 Å². The molecule has 1 fully saturated rings. The predicted molar refractivity (Wildman–Crippen MR) is 114 cm³/mol. The molecule has 0 saturated carbocycles. The molecule has 8 nitrogen and oxygen atoms in total. The first-order chi connectivity index (χ1) is 15.2. The van der Waals surface area contributed by atoms with Crippen LogP contribution in [0.25, 0.3) is 11.4 Å². The number of amides is 1. The molecule has 1 aliphatic rings. The third kappa shape index (κ3) is 5.33. The van der Waals surface area contributed by atoms with Crippen LogP contribution < -0.4 is 0 Å². The van der Waals surface area contributed by atoms with E-state index >= 15 is 0 Å². The van der Waals surface area contributed by atoms with E-state index in [4.69, 9.17) is 4.74 Å². The van der Waals surface area contributed by atoms with Gasteiger partial charge < -0.3 is 9.64 Å². The van der Waals surface area contributed by atoms with Crippen LogP contribution in [0.3, 0.4) is 0 Å². The van der Waals surface area contributed by atoms with E-state index < -0.39 is 6.04 Å². The lowest BCUT2D eigenvalue weighted by Gasteiger charge is -2.23. The van der Waals surface area contributed by atoms with Crippen molar-refractivity contribution in [3.63, 3.8) is 0 Å². The van der Waals surface area contributed by atoms with Gasteiger partial charge in [0.15, 0.2) is 0 Å². The smallest absolute Gasteiger partial charge is 0.328 e. The summed E-state index contributed by atoms with van der Waals surface area (Å²) < 4.78 is 5.45. The molecule has 31 heavy (non-hydrogen) atoms. The summed E-state index contributed by atoms with van der Waals surface area (Å²) in [5.41, 5.74) is 1.85. The molecule has 1 saturated heterocycles. The Balaban J connectivity index is 1.23. The number of aromatic nitrogens is 4. The van der Waals surface area contributed by atoms with Crippen molar-refractivity contribution in [2.24, 2.45) is 0 Å². The second-order valence-electron chi connectivity index (χ2n) is 7.50. The molecule has 1 unspecified atom stereocenters. The van der Waals surface area contributed by atoms with Crippen LogP contribution in [0.15, 0.2) is 60.7 Å². The number of esters is 1. The van der Waals surface area contributed by atoms with Gasteiger partial charge in [0.1, 0.15) is 6.04 Å². The lowest BCUT2D eigenvalue weighted by atomic mass is 10.1. The SMILES string of the molecule is O=C(OCCCn1nnc(-c2ccccc2)n1)C1CCCN1C(=O)Cc1ccccc1. The van der Waals surface area contributed by atoms with Gasteiger partial charge in [-0.15, -0.1) is 10.2 Å². The summed E-state index contributed by atoms with van der Waals surface area (Å²) in [6.07, 6.45) is 2.32. The van der Waals surface area contributed by atoms with Gasteiger partial charge in [0.25, 0.3) is 0 Å². The van der Waals surface area contributed by atoms with Gasteiger partial charge in [0.05, 0.1) is 19.6 Å². The number of benzene rings is 2. The fourth-order valence-corrected chi connectivity index (χ4v) is 3.70. The zero-order valence-corrected chi connectivity index (χ0v) is 17.3. The minimum atomic E-state index is -0.495. The number of carbonyl (C=O) groups is 2. The molecule has 2 aromatic carbocycles. The van der Waals surface area contributed by atoms with E-state index in [2.05, 4.69) is 15.4 Å². The standard InChI is InChI=1S/C23H25N5O3/c29-21(17-18-9-3-1-4-10-18)27-14-7-13-20(27)23(30)31-16-8-15-28-25-22(24-26-28)19-11-5-2-6-12-19/h1-6,9-12,20H,7-8,13-17H2. The summed E-state index contributed by atoms with van der Waals surface area (Å²) in [6.45, 7) is 1.34. The normalized spacial score (nSPS) is 15.7. The van der Waals surface area contributed by atoms with Gasteiger partial charge in [-0.25, -0.2) is 4.79 Å². The van der Waals surface area contributed by atoms with Crippen LogP contribution in [-0.2, 0) is 27.3 Å². The van der Waals surface area contributed by atoms with Crippen molar-refractivity contribution in [2.45, 2.75) is 38.3 Å². The number of rotatable bonds is 8. The van der Waals surface area contributed by atoms with Crippen LogP contribution in [0.5, 0.6) is 0 Å². The lowest BCUT2D eigenvalue weighted by molar-refractivity contribution is -0.153. The molecule has 160 valence electrons. The summed E-state index contributed by atoms with van der Waals surface area (Å²) in [5, 5.41) is 12.5. The van der Waals surface area contributed by atoms with Crippen molar-refractivity contribution in [3.05, 3.63) is 66.2 Å². The average molecular weight is 419 g/mol. The van der Waals surface area contributed by atoms with Crippen molar-refractivity contribution >= 4 is 11.9 Å². The highest BCUT2D eigenvalue weighted by atomic mass is 16.5. The lowest BCUT2D eigenvalue weighted by Crippen LogP contribution is -2.42. The van der Waals surface area contributed by atoms with Crippen LogP contribution in [0.1, 0.15) is 24.8 Å². The first-order valence-corrected chi connectivity index (χ1v) is 10.5. The van der Waals surface area contributed by atoms with Crippen molar-refractivity contribution in [3.8, 4) is 11.4 Å². The van der Waals surface area contributed by atoms with E-state index in [0.717, 1.165) is 17.5 Å². The van der Waals surface area contributed by atoms with E-state index in [1.807, 2.05) is 60.7 Å². The molecular formula is C23H25N5O3. The Bertz CT molecular complexity index is 1010. The van der Waals surface area contributed by atoms with Crippen molar-refractivity contribution in [1.29, 1.82) is 0 Å². The number of nitrogens with zero attached hydrogens (tertiary/aromatic N) is 5. The number of tetrazole rings is 1. The Labute approximate surface area is 180 Å². The van der Waals surface area contributed by atoms with Crippen molar-refractivity contribution in [2.75, 3.05) is 13.2 Å². The fourth-order valence-electron chi connectivity index (χ4n) is 3.70. The van der Waals surface area contributed by atoms with E-state index in [0.29, 0.717) is 38.2 Å². The molecule has 2 heterocycles. The number of ether oxygens (including phenoxy) is 1. The molecule has 8 heteroatoms. The predicted octanol–water partition coefficient (Wildman–Crippen LogP) is 2.51. The van der Waals surface area contributed by atoms with Crippen molar-refractivity contribution < 1.29 is 14.3 Å². The van der Waals surface area contributed by atoms with Crippen LogP contribution in [0.4, 0.5) is 0 Å². The third-order valence-corrected chi connectivity index (χ3v) is 5.27. The molecule has 1 amide bonds. The minimum Gasteiger partial charge on any atom is -0.464 e. The van der Waals surface area contributed by atoms with Crippen LogP contribution in [-0.4, -0.2) is 56.2 Å². The number of hydrogen-bond acceptors (Lipinski definition) is 6. The number of carbonyl (C=O) groups excluding carboxylic acids is 2. The molecule has 1 atom stereocenters. The molecule has 0 radical (unpaired) electrons. The number of likely N-dealkylation sites (tertiary alicyclic amines) is 1. The Morgan fingerprint density at radius 1 is 1.03 bits per heavy atom. The largest absolute Gasteiger partial charge is 0.464 e. The van der Waals surface area contributed by atoms with Crippen molar-refractivity contribution in [1.82, 2.24) is 25.1 Å². The van der Waals surface area contributed by atoms with Gasteiger partial charge in [0, 0.05) is 18.5 Å².